The van der Waals surface area contributed by atoms with Crippen LogP contribution in [0.1, 0.15) is 48.8 Å². The van der Waals surface area contributed by atoms with Gasteiger partial charge < -0.3 is 9.88 Å². The lowest BCUT2D eigenvalue weighted by Crippen LogP contribution is -2.23. The number of hydrogen-bond donors (Lipinski definition) is 1. The van der Waals surface area contributed by atoms with E-state index >= 15 is 0 Å². The number of halogens is 1. The van der Waals surface area contributed by atoms with Crippen LogP contribution in [0, 0.1) is 0 Å². The highest BCUT2D eigenvalue weighted by Gasteiger charge is 2.14. The van der Waals surface area contributed by atoms with Gasteiger partial charge in [0, 0.05) is 30.0 Å². The summed E-state index contributed by atoms with van der Waals surface area (Å²) < 4.78 is 2.02. The molecular weight excluding hydrogens is 386 g/mol. The smallest absolute Gasteiger partial charge is 0.219 e. The number of ketones is 1. The molecule has 3 rings (SSSR count). The largest absolute Gasteiger partial charge is 0.356 e. The number of aromatic nitrogens is 2. The lowest BCUT2D eigenvalue weighted by Gasteiger charge is -2.09. The number of Topliss-reactive ketones (excluding diaryl/α,β-unsaturated/α-hetero) is 1. The summed E-state index contributed by atoms with van der Waals surface area (Å²) in [6, 6.07) is 14.9. The van der Waals surface area contributed by atoms with Gasteiger partial charge in [0.15, 0.2) is 5.78 Å². The molecule has 0 aliphatic heterocycles. The molecule has 0 aliphatic rings. The van der Waals surface area contributed by atoms with Crippen LogP contribution in [-0.4, -0.2) is 27.8 Å². The van der Waals surface area contributed by atoms with E-state index in [0.717, 1.165) is 42.5 Å². The molecule has 0 radical (unpaired) electrons. The summed E-state index contributed by atoms with van der Waals surface area (Å²) in [5, 5.41) is 3.51. The summed E-state index contributed by atoms with van der Waals surface area (Å²) >= 11 is 5.93. The Morgan fingerprint density at radius 2 is 1.79 bits per heavy atom. The number of carbonyl (C=O) groups is 2. The molecule has 0 unspecified atom stereocenters. The maximum Gasteiger partial charge on any atom is 0.219 e. The highest BCUT2D eigenvalue weighted by atomic mass is 35.5. The molecule has 0 bridgehead atoms. The van der Waals surface area contributed by atoms with Crippen molar-refractivity contribution >= 4 is 34.3 Å². The maximum absolute atomic E-state index is 12.8. The number of fused-ring (bicyclic) bond motifs is 1. The molecule has 3 aromatic rings. The molecule has 29 heavy (non-hydrogen) atoms. The normalized spacial score (nSPS) is 11.0. The summed E-state index contributed by atoms with van der Waals surface area (Å²) in [5.41, 5.74) is 2.52. The molecule has 2 aromatic carbocycles. The summed E-state index contributed by atoms with van der Waals surface area (Å²) in [6.07, 6.45) is 4.21. The zero-order chi connectivity index (χ0) is 20.6. The van der Waals surface area contributed by atoms with E-state index in [0.29, 0.717) is 23.6 Å². The first-order chi connectivity index (χ1) is 14.1. The van der Waals surface area contributed by atoms with Crippen molar-refractivity contribution in [3.05, 3.63) is 64.9 Å². The van der Waals surface area contributed by atoms with Crippen molar-refractivity contribution in [2.24, 2.45) is 0 Å². The number of hydrogen-bond acceptors (Lipinski definition) is 3. The Balaban J connectivity index is 1.67. The molecule has 1 N–H and O–H groups in total. The number of amides is 1. The molecule has 0 aliphatic carbocycles. The molecule has 0 spiro atoms. The number of aryl methyl sites for hydroxylation is 1. The van der Waals surface area contributed by atoms with E-state index in [1.807, 2.05) is 35.8 Å². The van der Waals surface area contributed by atoms with Gasteiger partial charge >= 0.3 is 0 Å². The first kappa shape index (κ1) is 21.1. The fourth-order valence-electron chi connectivity index (χ4n) is 3.30. The number of imidazole rings is 1. The van der Waals surface area contributed by atoms with E-state index in [1.54, 1.807) is 24.3 Å². The molecule has 0 fully saturated rings. The van der Waals surface area contributed by atoms with Gasteiger partial charge in [-0.1, -0.05) is 37.1 Å². The van der Waals surface area contributed by atoms with Crippen LogP contribution in [0.4, 0.5) is 0 Å². The van der Waals surface area contributed by atoms with Crippen LogP contribution in [-0.2, 0) is 17.8 Å². The van der Waals surface area contributed by atoms with Gasteiger partial charge in [-0.3, -0.25) is 9.59 Å². The molecule has 152 valence electrons. The zero-order valence-corrected chi connectivity index (χ0v) is 17.4. The number of unbranched alkanes of at least 4 members (excludes halogenated alkanes) is 2. The van der Waals surface area contributed by atoms with Gasteiger partial charge in [0.2, 0.25) is 5.91 Å². The monoisotopic (exact) mass is 411 g/mol. The van der Waals surface area contributed by atoms with Gasteiger partial charge in [-0.2, -0.15) is 0 Å². The predicted octanol–water partition coefficient (Wildman–Crippen LogP) is 4.81. The van der Waals surface area contributed by atoms with Gasteiger partial charge in [0.25, 0.3) is 0 Å². The van der Waals surface area contributed by atoms with Gasteiger partial charge in [0.1, 0.15) is 5.82 Å². The van der Waals surface area contributed by atoms with Crippen LogP contribution in [0.3, 0.4) is 0 Å². The zero-order valence-electron chi connectivity index (χ0n) is 16.7. The van der Waals surface area contributed by atoms with E-state index in [2.05, 4.69) is 5.32 Å². The Bertz CT molecular complexity index is 979. The molecule has 0 saturated carbocycles. The van der Waals surface area contributed by atoms with Crippen LogP contribution < -0.4 is 5.32 Å². The summed E-state index contributed by atoms with van der Waals surface area (Å²) in [7, 11) is 0. The molecule has 6 heteroatoms. The molecule has 0 atom stereocenters. The maximum atomic E-state index is 12.8. The number of nitrogens with one attached hydrogen (secondary N) is 1. The van der Waals surface area contributed by atoms with Crippen molar-refractivity contribution < 1.29 is 9.59 Å². The van der Waals surface area contributed by atoms with Gasteiger partial charge in [0.05, 0.1) is 17.6 Å². The lowest BCUT2D eigenvalue weighted by atomic mass is 10.1. The highest BCUT2D eigenvalue weighted by molar-refractivity contribution is 6.30. The summed E-state index contributed by atoms with van der Waals surface area (Å²) in [4.78, 5) is 28.8. The minimum absolute atomic E-state index is 0.0355. The number of carbonyl (C=O) groups excluding carboxylic acids is 2. The minimum atomic E-state index is 0.0355. The Morgan fingerprint density at radius 1 is 1.03 bits per heavy atom. The van der Waals surface area contributed by atoms with Crippen molar-refractivity contribution in [1.29, 1.82) is 0 Å². The number of benzene rings is 2. The summed E-state index contributed by atoms with van der Waals surface area (Å²) in [5.74, 6) is 1.05. The third kappa shape index (κ3) is 5.67. The first-order valence-corrected chi connectivity index (χ1v) is 10.5. The Hall–Kier alpha value is -2.66. The van der Waals surface area contributed by atoms with E-state index in [9.17, 15) is 9.59 Å². The van der Waals surface area contributed by atoms with Crippen LogP contribution in [0.5, 0.6) is 0 Å². The van der Waals surface area contributed by atoms with Gasteiger partial charge in [-0.15, -0.1) is 0 Å². The molecule has 1 heterocycles. The van der Waals surface area contributed by atoms with Crippen molar-refractivity contribution in [3.63, 3.8) is 0 Å². The van der Waals surface area contributed by atoms with Gasteiger partial charge in [-0.05, 0) is 49.2 Å². The van der Waals surface area contributed by atoms with Crippen molar-refractivity contribution in [3.8, 4) is 0 Å². The van der Waals surface area contributed by atoms with Crippen molar-refractivity contribution in [2.75, 3.05) is 6.54 Å². The highest BCUT2D eigenvalue weighted by Crippen LogP contribution is 2.19. The third-order valence-corrected chi connectivity index (χ3v) is 5.17. The first-order valence-electron chi connectivity index (χ1n) is 10.1. The Morgan fingerprint density at radius 3 is 2.55 bits per heavy atom. The standard InChI is InChI=1S/C23H26ClN3O2/c1-2-23(29)25-15-7-3-4-10-22-26-19-8-5-6-9-20(19)27(22)16-21(28)17-11-13-18(24)14-12-17/h5-6,8-9,11-14H,2-4,7,10,15-16H2,1H3,(H,25,29). The molecular formula is C23H26ClN3O2. The average molecular weight is 412 g/mol. The second-order valence-corrected chi connectivity index (χ2v) is 7.48. The average Bonchev–Trinajstić information content (AvgIpc) is 3.08. The molecule has 5 nitrogen and oxygen atoms in total. The van der Waals surface area contributed by atoms with Crippen LogP contribution >= 0.6 is 11.6 Å². The second-order valence-electron chi connectivity index (χ2n) is 7.05. The Kier molecular flexibility index (Phi) is 7.42. The van der Waals surface area contributed by atoms with Crippen LogP contribution in [0.2, 0.25) is 5.02 Å². The van der Waals surface area contributed by atoms with Gasteiger partial charge in [-0.25, -0.2) is 4.98 Å². The second kappa shape index (κ2) is 10.2. The molecule has 1 aromatic heterocycles. The minimum Gasteiger partial charge on any atom is -0.356 e. The number of para-hydroxylation sites is 2. The molecule has 0 saturated heterocycles. The molecule has 1 amide bonds. The quantitative estimate of drug-likeness (QED) is 0.384. The number of nitrogens with zero attached hydrogens (tertiary/aromatic N) is 2. The topological polar surface area (TPSA) is 64.0 Å². The van der Waals surface area contributed by atoms with E-state index < -0.39 is 0 Å². The van der Waals surface area contributed by atoms with E-state index in [1.165, 1.54) is 0 Å². The SMILES string of the molecule is CCC(=O)NCCCCCc1nc2ccccc2n1CC(=O)c1ccc(Cl)cc1. The van der Waals surface area contributed by atoms with E-state index in [4.69, 9.17) is 16.6 Å². The van der Waals surface area contributed by atoms with Crippen molar-refractivity contribution in [1.82, 2.24) is 14.9 Å². The fraction of sp³-hybridized carbons (Fsp3) is 0.348. The van der Waals surface area contributed by atoms with Crippen LogP contribution in [0.15, 0.2) is 48.5 Å². The predicted molar refractivity (Wildman–Crippen MR) is 116 cm³/mol. The van der Waals surface area contributed by atoms with E-state index in [-0.39, 0.29) is 18.2 Å². The third-order valence-electron chi connectivity index (χ3n) is 4.92. The Labute approximate surface area is 176 Å². The fourth-order valence-corrected chi connectivity index (χ4v) is 3.43. The lowest BCUT2D eigenvalue weighted by molar-refractivity contribution is -0.120. The van der Waals surface area contributed by atoms with Crippen LogP contribution in [0.25, 0.3) is 11.0 Å². The number of rotatable bonds is 10. The summed E-state index contributed by atoms with van der Waals surface area (Å²) in [6.45, 7) is 2.81. The van der Waals surface area contributed by atoms with Crippen molar-refractivity contribution in [2.45, 2.75) is 45.6 Å².